The number of carbonyl (C=O) groups is 2. The maximum absolute atomic E-state index is 12.3. The lowest BCUT2D eigenvalue weighted by Gasteiger charge is -2.30. The Morgan fingerprint density at radius 3 is 2.23 bits per heavy atom. The largest absolute Gasteiger partial charge is 0.497 e. The Bertz CT molecular complexity index is 1230. The van der Waals surface area contributed by atoms with Crippen molar-refractivity contribution in [3.05, 3.63) is 88.8 Å². The molecule has 1 aliphatic heterocycles. The highest BCUT2D eigenvalue weighted by molar-refractivity contribution is 5.98. The molecule has 10 nitrogen and oxygen atoms in total. The molecule has 0 aromatic heterocycles. The zero-order chi connectivity index (χ0) is 28.5. The first-order chi connectivity index (χ1) is 18.7. The number of methoxy groups -OCH3 is 1. The van der Waals surface area contributed by atoms with Crippen LogP contribution >= 0.6 is 0 Å². The van der Waals surface area contributed by atoms with E-state index in [-0.39, 0.29) is 30.0 Å². The van der Waals surface area contributed by atoms with Gasteiger partial charge in [0.25, 0.3) is 0 Å². The van der Waals surface area contributed by atoms with Crippen molar-refractivity contribution in [2.45, 2.75) is 39.0 Å². The molecule has 1 aliphatic rings. The molecule has 10 heteroatoms. The third kappa shape index (κ3) is 7.40. The molecule has 0 spiro atoms. The number of aliphatic hydroxyl groups excluding tert-OH is 1. The Hall–Kier alpha value is -4.28. The fourth-order valence-electron chi connectivity index (χ4n) is 4.34. The molecule has 208 valence electrons. The molecular weight excluding hydrogens is 504 g/mol. The summed E-state index contributed by atoms with van der Waals surface area (Å²) in [6.45, 7) is 5.16. The maximum atomic E-state index is 12.3. The van der Waals surface area contributed by atoms with Crippen LogP contribution in [0.2, 0.25) is 0 Å². The number of nitrogens with one attached hydrogen (secondary N) is 2. The molecule has 2 aromatic rings. The van der Waals surface area contributed by atoms with Gasteiger partial charge in [0.2, 0.25) is 0 Å². The summed E-state index contributed by atoms with van der Waals surface area (Å²) in [4.78, 5) is 24.6. The van der Waals surface area contributed by atoms with Crippen LogP contribution < -0.4 is 24.8 Å². The van der Waals surface area contributed by atoms with Crippen LogP contribution in [-0.4, -0.2) is 59.9 Å². The van der Waals surface area contributed by atoms with Gasteiger partial charge in [0.05, 0.1) is 24.2 Å². The molecule has 0 saturated heterocycles. The topological polar surface area (TPSA) is 147 Å². The van der Waals surface area contributed by atoms with E-state index in [0.29, 0.717) is 28.5 Å². The molecule has 39 heavy (non-hydrogen) atoms. The van der Waals surface area contributed by atoms with E-state index in [4.69, 9.17) is 14.2 Å². The van der Waals surface area contributed by atoms with Crippen molar-refractivity contribution in [3.8, 4) is 17.2 Å². The Morgan fingerprint density at radius 1 is 1.03 bits per heavy atom. The molecule has 0 bridgehead atoms. The van der Waals surface area contributed by atoms with Crippen LogP contribution in [-0.2, 0) is 9.59 Å². The van der Waals surface area contributed by atoms with E-state index in [2.05, 4.69) is 10.6 Å². The lowest BCUT2D eigenvalue weighted by Crippen LogP contribution is -2.40. The van der Waals surface area contributed by atoms with E-state index in [1.165, 1.54) is 7.11 Å². The molecule has 2 atom stereocenters. The number of hydrogen-bond donors (Lipinski definition) is 5. The second kappa shape index (κ2) is 13.5. The number of benzene rings is 2. The predicted octanol–water partition coefficient (Wildman–Crippen LogP) is 3.41. The van der Waals surface area contributed by atoms with Crippen LogP contribution in [0.1, 0.15) is 32.3 Å². The fraction of sp³-hybridized carbons (Fsp3) is 0.310. The van der Waals surface area contributed by atoms with E-state index in [0.717, 1.165) is 0 Å². The molecule has 2 unspecified atom stereocenters. The van der Waals surface area contributed by atoms with Crippen LogP contribution in [0.4, 0.5) is 0 Å². The average molecular weight is 539 g/mol. The Morgan fingerprint density at radius 2 is 1.67 bits per heavy atom. The van der Waals surface area contributed by atoms with Crippen LogP contribution in [0.15, 0.2) is 83.2 Å². The van der Waals surface area contributed by atoms with Gasteiger partial charge < -0.3 is 34.8 Å². The number of para-hydroxylation sites is 1. The highest BCUT2D eigenvalue weighted by Crippen LogP contribution is 2.43. The minimum absolute atomic E-state index is 0.0561. The van der Waals surface area contributed by atoms with Gasteiger partial charge in [-0.2, -0.15) is 0 Å². The second-order valence-corrected chi connectivity index (χ2v) is 8.90. The maximum Gasteiger partial charge on any atom is 0.334 e. The van der Waals surface area contributed by atoms with Gasteiger partial charge in [0.1, 0.15) is 30.0 Å². The van der Waals surface area contributed by atoms with Gasteiger partial charge >= 0.3 is 11.9 Å². The minimum Gasteiger partial charge on any atom is -0.497 e. The Kier molecular flexibility index (Phi) is 10.1. The van der Waals surface area contributed by atoms with Crippen molar-refractivity contribution in [2.75, 3.05) is 20.3 Å². The predicted molar refractivity (Wildman–Crippen MR) is 145 cm³/mol. The molecule has 0 fully saturated rings. The number of rotatable bonds is 13. The molecule has 0 amide bonds. The molecular formula is C29H34N2O8. The quantitative estimate of drug-likeness (QED) is 0.190. The SMILES string of the molecule is C/C=C/C(NCC(O)COc1ccccc1)Oc1ccc(OC)cc1C1C(C(=O)O)=C(C)NC(C)=C1C(=O)O. The lowest BCUT2D eigenvalue weighted by atomic mass is 9.80. The second-order valence-electron chi connectivity index (χ2n) is 8.90. The van der Waals surface area contributed by atoms with Gasteiger partial charge in [-0.1, -0.05) is 24.3 Å². The van der Waals surface area contributed by atoms with Crippen molar-refractivity contribution < 1.29 is 39.1 Å². The first kappa shape index (κ1) is 29.3. The first-order valence-corrected chi connectivity index (χ1v) is 12.4. The van der Waals surface area contributed by atoms with E-state index in [9.17, 15) is 24.9 Å². The van der Waals surface area contributed by atoms with Gasteiger partial charge in [-0.05, 0) is 57.2 Å². The fourth-order valence-corrected chi connectivity index (χ4v) is 4.34. The molecule has 0 saturated carbocycles. The van der Waals surface area contributed by atoms with Crippen molar-refractivity contribution in [1.82, 2.24) is 10.6 Å². The molecule has 0 radical (unpaired) electrons. The number of aliphatic carboxylic acids is 2. The number of hydrogen-bond acceptors (Lipinski definition) is 8. The van der Waals surface area contributed by atoms with Crippen LogP contribution in [0.25, 0.3) is 0 Å². The summed E-state index contributed by atoms with van der Waals surface area (Å²) in [5, 5.41) is 36.5. The number of ether oxygens (including phenoxy) is 3. The highest BCUT2D eigenvalue weighted by atomic mass is 16.5. The molecule has 0 aliphatic carbocycles. The summed E-state index contributed by atoms with van der Waals surface area (Å²) in [5.74, 6) is -2.35. The van der Waals surface area contributed by atoms with Gasteiger partial charge in [-0.15, -0.1) is 0 Å². The third-order valence-electron chi connectivity index (χ3n) is 6.11. The molecule has 2 aromatic carbocycles. The van der Waals surface area contributed by atoms with Gasteiger partial charge in [0.15, 0.2) is 6.23 Å². The Balaban J connectivity index is 1.90. The van der Waals surface area contributed by atoms with E-state index in [1.54, 1.807) is 63.3 Å². The first-order valence-electron chi connectivity index (χ1n) is 12.4. The monoisotopic (exact) mass is 538 g/mol. The summed E-state index contributed by atoms with van der Waals surface area (Å²) >= 11 is 0. The molecule has 1 heterocycles. The normalized spacial score (nSPS) is 15.6. The van der Waals surface area contributed by atoms with E-state index >= 15 is 0 Å². The number of dihydropyridines is 1. The van der Waals surface area contributed by atoms with Gasteiger partial charge in [-0.25, -0.2) is 9.59 Å². The van der Waals surface area contributed by atoms with Crippen LogP contribution in [0, 0.1) is 0 Å². The van der Waals surface area contributed by atoms with Crippen LogP contribution in [0.5, 0.6) is 17.2 Å². The number of carboxylic acid groups (broad SMARTS) is 2. The Labute approximate surface area is 227 Å². The summed E-state index contributed by atoms with van der Waals surface area (Å²) in [5.41, 5.74) is 0.746. The molecule has 3 rings (SSSR count). The number of allylic oxidation sites excluding steroid dienone is 3. The van der Waals surface area contributed by atoms with Crippen molar-refractivity contribution in [2.24, 2.45) is 0 Å². The van der Waals surface area contributed by atoms with Gasteiger partial charge in [-0.3, -0.25) is 5.32 Å². The summed E-state index contributed by atoms with van der Waals surface area (Å²) in [7, 11) is 1.46. The zero-order valence-corrected chi connectivity index (χ0v) is 22.3. The standard InChI is InChI=1S/C29H34N2O8/c1-5-9-24(30-15-19(32)16-38-20-10-7-6-8-11-20)39-23-13-12-21(37-4)14-22(23)27-25(28(33)34)17(2)31-18(3)26(27)29(35)36/h5-14,19,24,27,30-32H,15-16H2,1-4H3,(H,33,34)(H,35,36)/b9-5+. The van der Waals surface area contributed by atoms with E-state index in [1.807, 2.05) is 18.2 Å². The van der Waals surface area contributed by atoms with Crippen molar-refractivity contribution in [1.29, 1.82) is 0 Å². The van der Waals surface area contributed by atoms with Crippen molar-refractivity contribution >= 4 is 11.9 Å². The zero-order valence-electron chi connectivity index (χ0n) is 22.3. The third-order valence-corrected chi connectivity index (χ3v) is 6.11. The summed E-state index contributed by atoms with van der Waals surface area (Å²) in [6.07, 6.45) is 1.90. The average Bonchev–Trinajstić information content (AvgIpc) is 2.90. The smallest absolute Gasteiger partial charge is 0.334 e. The van der Waals surface area contributed by atoms with Crippen molar-refractivity contribution in [3.63, 3.8) is 0 Å². The highest BCUT2D eigenvalue weighted by Gasteiger charge is 2.38. The van der Waals surface area contributed by atoms with Crippen LogP contribution in [0.3, 0.4) is 0 Å². The summed E-state index contributed by atoms with van der Waals surface area (Å²) < 4.78 is 17.2. The lowest BCUT2D eigenvalue weighted by molar-refractivity contribution is -0.133. The minimum atomic E-state index is -1.25. The number of aliphatic hydroxyl groups is 1. The van der Waals surface area contributed by atoms with Gasteiger partial charge in [0, 0.05) is 23.5 Å². The number of carboxylic acids is 2. The molecule has 5 N–H and O–H groups in total. The van der Waals surface area contributed by atoms with E-state index < -0.39 is 30.2 Å². The summed E-state index contributed by atoms with van der Waals surface area (Å²) in [6, 6.07) is 14.0.